The number of hydrogen-bond donors (Lipinski definition) is 2. The predicted molar refractivity (Wildman–Crippen MR) is 43.2 cm³/mol. The van der Waals surface area contributed by atoms with Crippen molar-refractivity contribution in [1.29, 1.82) is 0 Å². The van der Waals surface area contributed by atoms with Gasteiger partial charge in [0.05, 0.1) is 12.6 Å². The van der Waals surface area contributed by atoms with Crippen LogP contribution in [0, 0.1) is 0 Å². The highest BCUT2D eigenvalue weighted by Crippen LogP contribution is 2.00. The molecule has 0 spiro atoms. The Labute approximate surface area is 70.9 Å². The van der Waals surface area contributed by atoms with E-state index in [1.54, 1.807) is 11.8 Å². The molecule has 68 valence electrons. The first kappa shape index (κ1) is 8.99. The first-order chi connectivity index (χ1) is 5.61. The number of nitrogens with one attached hydrogen (secondary N) is 1. The molecule has 0 radical (unpaired) electrons. The molecule has 5 heteroatoms. The number of nitrogens with two attached hydrogens (primary N) is 1. The summed E-state index contributed by atoms with van der Waals surface area (Å²) in [6.45, 7) is 3.26. The Morgan fingerprint density at radius 3 is 2.92 bits per heavy atom. The zero-order valence-corrected chi connectivity index (χ0v) is 7.04. The number of piperazine rings is 1. The summed E-state index contributed by atoms with van der Waals surface area (Å²) in [6.07, 6.45) is 0. The van der Waals surface area contributed by atoms with Crippen molar-refractivity contribution in [1.82, 2.24) is 10.2 Å². The van der Waals surface area contributed by atoms with Crippen LogP contribution in [0.15, 0.2) is 0 Å². The number of carbonyl (C=O) groups excluding carboxylic acids is 2. The minimum Gasteiger partial charge on any atom is -0.368 e. The van der Waals surface area contributed by atoms with Crippen molar-refractivity contribution < 1.29 is 9.59 Å². The van der Waals surface area contributed by atoms with Crippen LogP contribution >= 0.6 is 0 Å². The maximum Gasteiger partial charge on any atom is 0.234 e. The average Bonchev–Trinajstić information content (AvgIpc) is 2.03. The summed E-state index contributed by atoms with van der Waals surface area (Å²) in [5, 5.41) is 2.67. The quantitative estimate of drug-likeness (QED) is 0.519. The number of carbonyl (C=O) groups is 2. The lowest BCUT2D eigenvalue weighted by molar-refractivity contribution is -0.128. The van der Waals surface area contributed by atoms with Crippen LogP contribution in [0.1, 0.15) is 6.92 Å². The van der Waals surface area contributed by atoms with E-state index in [9.17, 15) is 9.59 Å². The summed E-state index contributed by atoms with van der Waals surface area (Å²) in [5.74, 6) is -0.431. The van der Waals surface area contributed by atoms with E-state index in [-0.39, 0.29) is 24.4 Å². The molecule has 0 aromatic heterocycles. The topological polar surface area (TPSA) is 75.4 Å². The second-order valence-electron chi connectivity index (χ2n) is 2.90. The number of amides is 2. The van der Waals surface area contributed by atoms with Crippen molar-refractivity contribution in [2.24, 2.45) is 5.73 Å². The molecule has 0 aliphatic carbocycles. The van der Waals surface area contributed by atoms with Gasteiger partial charge in [-0.15, -0.1) is 0 Å². The Kier molecular flexibility index (Phi) is 2.65. The Morgan fingerprint density at radius 2 is 2.42 bits per heavy atom. The molecule has 5 nitrogen and oxygen atoms in total. The number of primary amides is 1. The van der Waals surface area contributed by atoms with E-state index in [1.165, 1.54) is 0 Å². The van der Waals surface area contributed by atoms with Gasteiger partial charge >= 0.3 is 0 Å². The third kappa shape index (κ3) is 1.94. The lowest BCUT2D eigenvalue weighted by Gasteiger charge is -2.29. The second-order valence-corrected chi connectivity index (χ2v) is 2.90. The summed E-state index contributed by atoms with van der Waals surface area (Å²) >= 11 is 0. The van der Waals surface area contributed by atoms with Crippen molar-refractivity contribution in [3.05, 3.63) is 0 Å². The van der Waals surface area contributed by atoms with Gasteiger partial charge in [0.2, 0.25) is 11.8 Å². The lowest BCUT2D eigenvalue weighted by atomic mass is 10.2. The fraction of sp³-hybridized carbons (Fsp3) is 0.714. The third-order valence-electron chi connectivity index (χ3n) is 2.03. The van der Waals surface area contributed by atoms with E-state index in [4.69, 9.17) is 5.73 Å². The smallest absolute Gasteiger partial charge is 0.234 e. The molecule has 12 heavy (non-hydrogen) atoms. The molecule has 0 aromatic carbocycles. The van der Waals surface area contributed by atoms with E-state index in [2.05, 4.69) is 5.32 Å². The molecule has 3 N–H and O–H groups in total. The van der Waals surface area contributed by atoms with Gasteiger partial charge in [0.15, 0.2) is 0 Å². The molecule has 2 amide bonds. The van der Waals surface area contributed by atoms with Crippen LogP contribution < -0.4 is 11.1 Å². The number of rotatable bonds is 2. The molecular weight excluding hydrogens is 158 g/mol. The Bertz CT molecular complexity index is 203. The van der Waals surface area contributed by atoms with Crippen molar-refractivity contribution in [2.45, 2.75) is 13.0 Å². The molecule has 0 aromatic rings. The summed E-state index contributed by atoms with van der Waals surface area (Å²) < 4.78 is 0. The molecule has 1 fully saturated rings. The molecule has 1 saturated heterocycles. The second kappa shape index (κ2) is 3.53. The standard InChI is InChI=1S/C7H13N3O2/c1-5(7(8)12)10-3-2-9-6(11)4-10/h5H,2-4H2,1H3,(H2,8,12)(H,9,11)/t5-/m1/s1. The van der Waals surface area contributed by atoms with E-state index < -0.39 is 0 Å². The molecular formula is C7H13N3O2. The first-order valence-corrected chi connectivity index (χ1v) is 3.91. The molecule has 1 rings (SSSR count). The van der Waals surface area contributed by atoms with E-state index in [0.717, 1.165) is 0 Å². The van der Waals surface area contributed by atoms with Gasteiger partial charge in [0.1, 0.15) is 0 Å². The molecule has 1 heterocycles. The highest BCUT2D eigenvalue weighted by Gasteiger charge is 2.23. The highest BCUT2D eigenvalue weighted by atomic mass is 16.2. The fourth-order valence-corrected chi connectivity index (χ4v) is 1.17. The maximum atomic E-state index is 10.9. The number of hydrogen-bond acceptors (Lipinski definition) is 3. The van der Waals surface area contributed by atoms with Crippen LogP contribution in [0.2, 0.25) is 0 Å². The molecule has 0 bridgehead atoms. The van der Waals surface area contributed by atoms with Crippen molar-refractivity contribution >= 4 is 11.8 Å². The van der Waals surface area contributed by atoms with Gasteiger partial charge in [-0.2, -0.15) is 0 Å². The minimum atomic E-state index is -0.385. The van der Waals surface area contributed by atoms with Gasteiger partial charge in [0, 0.05) is 13.1 Å². The van der Waals surface area contributed by atoms with Gasteiger partial charge in [0.25, 0.3) is 0 Å². The van der Waals surface area contributed by atoms with E-state index >= 15 is 0 Å². The Balaban J connectivity index is 2.51. The van der Waals surface area contributed by atoms with Gasteiger partial charge in [-0.25, -0.2) is 0 Å². The zero-order chi connectivity index (χ0) is 9.14. The van der Waals surface area contributed by atoms with Crippen molar-refractivity contribution in [3.63, 3.8) is 0 Å². The number of nitrogens with zero attached hydrogens (tertiary/aromatic N) is 1. The Morgan fingerprint density at radius 1 is 1.75 bits per heavy atom. The van der Waals surface area contributed by atoms with E-state index in [1.807, 2.05) is 0 Å². The van der Waals surface area contributed by atoms with Crippen molar-refractivity contribution in [3.8, 4) is 0 Å². The van der Waals surface area contributed by atoms with Gasteiger partial charge < -0.3 is 11.1 Å². The maximum absolute atomic E-state index is 10.9. The Hall–Kier alpha value is -1.10. The first-order valence-electron chi connectivity index (χ1n) is 3.91. The SMILES string of the molecule is C[C@H](C(N)=O)N1CCNC(=O)C1. The van der Waals surface area contributed by atoms with Crippen molar-refractivity contribution in [2.75, 3.05) is 19.6 Å². The van der Waals surface area contributed by atoms with Gasteiger partial charge in [-0.05, 0) is 6.92 Å². The largest absolute Gasteiger partial charge is 0.368 e. The summed E-state index contributed by atoms with van der Waals surface area (Å²) in [4.78, 5) is 23.4. The lowest BCUT2D eigenvalue weighted by Crippen LogP contribution is -2.54. The zero-order valence-electron chi connectivity index (χ0n) is 7.04. The molecule has 0 unspecified atom stereocenters. The third-order valence-corrected chi connectivity index (χ3v) is 2.03. The average molecular weight is 171 g/mol. The molecule has 1 atom stereocenters. The molecule has 1 aliphatic rings. The van der Waals surface area contributed by atoms with Crippen LogP contribution in [0.5, 0.6) is 0 Å². The van der Waals surface area contributed by atoms with Crippen LogP contribution in [0.3, 0.4) is 0 Å². The monoisotopic (exact) mass is 171 g/mol. The highest BCUT2D eigenvalue weighted by molar-refractivity contribution is 5.82. The normalized spacial score (nSPS) is 21.6. The predicted octanol–water partition coefficient (Wildman–Crippen LogP) is -1.71. The fourth-order valence-electron chi connectivity index (χ4n) is 1.17. The van der Waals surface area contributed by atoms with Gasteiger partial charge in [-0.1, -0.05) is 0 Å². The minimum absolute atomic E-state index is 0.0469. The van der Waals surface area contributed by atoms with Crippen LogP contribution in [0.4, 0.5) is 0 Å². The summed E-state index contributed by atoms with van der Waals surface area (Å²) in [6, 6.07) is -0.351. The van der Waals surface area contributed by atoms with Crippen LogP contribution in [-0.4, -0.2) is 42.4 Å². The van der Waals surface area contributed by atoms with Crippen LogP contribution in [-0.2, 0) is 9.59 Å². The van der Waals surface area contributed by atoms with E-state index in [0.29, 0.717) is 13.1 Å². The molecule has 0 saturated carbocycles. The van der Waals surface area contributed by atoms with Crippen LogP contribution in [0.25, 0.3) is 0 Å². The summed E-state index contributed by atoms with van der Waals surface area (Å²) in [7, 11) is 0. The molecule has 1 aliphatic heterocycles. The summed E-state index contributed by atoms with van der Waals surface area (Å²) in [5.41, 5.74) is 5.10. The van der Waals surface area contributed by atoms with Gasteiger partial charge in [-0.3, -0.25) is 14.5 Å².